The van der Waals surface area contributed by atoms with Crippen molar-refractivity contribution in [3.63, 3.8) is 0 Å². The van der Waals surface area contributed by atoms with Crippen molar-refractivity contribution in [1.29, 1.82) is 0 Å². The number of nitrogens with zero attached hydrogens (tertiary/aromatic N) is 2. The molecule has 160 valence electrons. The van der Waals surface area contributed by atoms with Crippen molar-refractivity contribution in [3.05, 3.63) is 35.5 Å². The first-order valence-electron chi connectivity index (χ1n) is 10.5. The molecular formula is C22H33N3O4. The first-order chi connectivity index (χ1) is 14.1. The van der Waals surface area contributed by atoms with Gasteiger partial charge in [-0.25, -0.2) is 0 Å². The maximum atomic E-state index is 12.3. The van der Waals surface area contributed by atoms with Crippen molar-refractivity contribution in [2.24, 2.45) is 0 Å². The highest BCUT2D eigenvalue weighted by atomic mass is 16.5. The van der Waals surface area contributed by atoms with Gasteiger partial charge in [0.1, 0.15) is 0 Å². The second kappa shape index (κ2) is 12.1. The highest BCUT2D eigenvalue weighted by Gasteiger charge is 2.14. The van der Waals surface area contributed by atoms with Crippen molar-refractivity contribution in [2.75, 3.05) is 13.7 Å². The van der Waals surface area contributed by atoms with Gasteiger partial charge in [-0.1, -0.05) is 37.9 Å². The van der Waals surface area contributed by atoms with Crippen LogP contribution in [-0.4, -0.2) is 29.8 Å². The molecule has 7 nitrogen and oxygen atoms in total. The maximum absolute atomic E-state index is 12.3. The van der Waals surface area contributed by atoms with Crippen molar-refractivity contribution < 1.29 is 18.8 Å². The van der Waals surface area contributed by atoms with E-state index < -0.39 is 0 Å². The van der Waals surface area contributed by atoms with Crippen molar-refractivity contribution in [2.45, 2.75) is 71.8 Å². The lowest BCUT2D eigenvalue weighted by Crippen LogP contribution is -2.26. The highest BCUT2D eigenvalue weighted by Crippen LogP contribution is 2.30. The molecule has 2 aromatic rings. The Kier molecular flexibility index (Phi) is 9.47. The minimum Gasteiger partial charge on any atom is -0.493 e. The molecule has 0 saturated heterocycles. The summed E-state index contributed by atoms with van der Waals surface area (Å²) < 4.78 is 16.4. The summed E-state index contributed by atoms with van der Waals surface area (Å²) in [6.45, 7) is 6.78. The van der Waals surface area contributed by atoms with E-state index in [-0.39, 0.29) is 11.9 Å². The van der Waals surface area contributed by atoms with Crippen LogP contribution in [0.15, 0.2) is 22.7 Å². The monoisotopic (exact) mass is 403 g/mol. The van der Waals surface area contributed by atoms with Crippen LogP contribution in [0.5, 0.6) is 11.5 Å². The van der Waals surface area contributed by atoms with Crippen LogP contribution in [0.1, 0.15) is 76.2 Å². The number of hydrogen-bond acceptors (Lipinski definition) is 6. The van der Waals surface area contributed by atoms with E-state index in [1.165, 1.54) is 0 Å². The van der Waals surface area contributed by atoms with E-state index in [4.69, 9.17) is 14.0 Å². The summed E-state index contributed by atoms with van der Waals surface area (Å²) in [5.41, 5.74) is 0.973. The summed E-state index contributed by atoms with van der Waals surface area (Å²) in [4.78, 5) is 16.5. The van der Waals surface area contributed by atoms with E-state index in [1.54, 1.807) is 7.11 Å². The lowest BCUT2D eigenvalue weighted by Gasteiger charge is -2.17. The minimum atomic E-state index is -0.124. The molecular weight excluding hydrogens is 370 g/mol. The van der Waals surface area contributed by atoms with Gasteiger partial charge in [-0.05, 0) is 37.5 Å². The molecule has 0 aliphatic heterocycles. The predicted octanol–water partition coefficient (Wildman–Crippen LogP) is 4.41. The van der Waals surface area contributed by atoms with E-state index in [9.17, 15) is 4.79 Å². The maximum Gasteiger partial charge on any atom is 0.226 e. The molecule has 0 radical (unpaired) electrons. The third kappa shape index (κ3) is 7.40. The summed E-state index contributed by atoms with van der Waals surface area (Å²) >= 11 is 0. The zero-order chi connectivity index (χ0) is 21.1. The van der Waals surface area contributed by atoms with Crippen LogP contribution in [0.3, 0.4) is 0 Å². The van der Waals surface area contributed by atoms with Crippen molar-refractivity contribution >= 4 is 5.91 Å². The van der Waals surface area contributed by atoms with Gasteiger partial charge < -0.3 is 19.3 Å². The Morgan fingerprint density at radius 2 is 2.03 bits per heavy atom. The third-order valence-electron chi connectivity index (χ3n) is 4.69. The van der Waals surface area contributed by atoms with E-state index in [0.717, 1.165) is 37.0 Å². The van der Waals surface area contributed by atoms with E-state index in [1.807, 2.05) is 32.0 Å². The quantitative estimate of drug-likeness (QED) is 0.499. The number of methoxy groups -OCH3 is 1. The van der Waals surface area contributed by atoms with Gasteiger partial charge in [0.2, 0.25) is 11.8 Å². The van der Waals surface area contributed by atoms with Gasteiger partial charge in [0.05, 0.1) is 19.8 Å². The largest absolute Gasteiger partial charge is 0.493 e. The number of aromatic nitrogens is 2. The molecule has 1 atom stereocenters. The Balaban J connectivity index is 1.82. The number of ether oxygens (including phenoxy) is 2. The van der Waals surface area contributed by atoms with Gasteiger partial charge in [-0.2, -0.15) is 4.98 Å². The van der Waals surface area contributed by atoms with Crippen LogP contribution in [0.25, 0.3) is 0 Å². The highest BCUT2D eigenvalue weighted by molar-refractivity contribution is 5.76. The number of carbonyl (C=O) groups is 1. The van der Waals surface area contributed by atoms with Gasteiger partial charge >= 0.3 is 0 Å². The fourth-order valence-electron chi connectivity index (χ4n) is 2.94. The van der Waals surface area contributed by atoms with E-state index in [2.05, 4.69) is 22.4 Å². The van der Waals surface area contributed by atoms with Crippen LogP contribution in [0.2, 0.25) is 0 Å². The summed E-state index contributed by atoms with van der Waals surface area (Å²) in [5.74, 6) is 2.69. The van der Waals surface area contributed by atoms with Gasteiger partial charge in [0.15, 0.2) is 17.3 Å². The number of amides is 1. The molecule has 0 aliphatic rings. The average Bonchev–Trinajstić information content (AvgIpc) is 3.19. The molecule has 7 heteroatoms. The second-order valence-corrected chi connectivity index (χ2v) is 7.07. The molecule has 0 saturated carbocycles. The Bertz CT molecular complexity index is 760. The first kappa shape index (κ1) is 22.7. The van der Waals surface area contributed by atoms with Crippen LogP contribution in [-0.2, 0) is 17.6 Å². The van der Waals surface area contributed by atoms with Crippen LogP contribution in [0, 0.1) is 0 Å². The summed E-state index contributed by atoms with van der Waals surface area (Å²) in [6, 6.07) is 5.67. The van der Waals surface area contributed by atoms with E-state index >= 15 is 0 Å². The lowest BCUT2D eigenvalue weighted by atomic mass is 10.1. The first-order valence-corrected chi connectivity index (χ1v) is 10.5. The number of nitrogens with one attached hydrogen (secondary N) is 1. The molecule has 0 aliphatic carbocycles. The Morgan fingerprint density at radius 1 is 1.21 bits per heavy atom. The molecule has 0 bridgehead atoms. The minimum absolute atomic E-state index is 0.00779. The Labute approximate surface area is 173 Å². The molecule has 0 fully saturated rings. The lowest BCUT2D eigenvalue weighted by molar-refractivity contribution is -0.121. The molecule has 1 unspecified atom stereocenters. The van der Waals surface area contributed by atoms with Crippen LogP contribution in [0.4, 0.5) is 0 Å². The fourth-order valence-corrected chi connectivity index (χ4v) is 2.94. The summed E-state index contributed by atoms with van der Waals surface area (Å²) in [7, 11) is 1.63. The number of hydrogen-bond donors (Lipinski definition) is 1. The van der Waals surface area contributed by atoms with Gasteiger partial charge in [0.25, 0.3) is 0 Å². The smallest absolute Gasteiger partial charge is 0.226 e. The average molecular weight is 404 g/mol. The molecule has 0 spiro atoms. The Morgan fingerprint density at radius 3 is 2.72 bits per heavy atom. The van der Waals surface area contributed by atoms with Crippen molar-refractivity contribution in [3.8, 4) is 11.5 Å². The van der Waals surface area contributed by atoms with E-state index in [0.29, 0.717) is 43.3 Å². The topological polar surface area (TPSA) is 86.5 Å². The number of benzene rings is 1. The normalized spacial score (nSPS) is 11.9. The van der Waals surface area contributed by atoms with Crippen molar-refractivity contribution in [1.82, 2.24) is 15.5 Å². The fraction of sp³-hybridized carbons (Fsp3) is 0.591. The van der Waals surface area contributed by atoms with Crippen LogP contribution < -0.4 is 14.8 Å². The number of rotatable bonds is 13. The molecule has 1 heterocycles. The molecule has 29 heavy (non-hydrogen) atoms. The summed E-state index contributed by atoms with van der Waals surface area (Å²) in [6.07, 6.45) is 5.75. The zero-order valence-electron chi connectivity index (χ0n) is 18.0. The van der Waals surface area contributed by atoms with Gasteiger partial charge in [-0.15, -0.1) is 0 Å². The molecule has 1 aromatic carbocycles. The zero-order valence-corrected chi connectivity index (χ0v) is 18.0. The van der Waals surface area contributed by atoms with Crippen LogP contribution >= 0.6 is 0 Å². The molecule has 1 amide bonds. The SMILES string of the molecule is CCCCCOc1ccc(C(C)NC(=O)CCCc2nc(CC)no2)cc1OC. The van der Waals surface area contributed by atoms with Gasteiger partial charge in [-0.3, -0.25) is 4.79 Å². The number of carbonyl (C=O) groups excluding carboxylic acids is 1. The third-order valence-corrected chi connectivity index (χ3v) is 4.69. The standard InChI is InChI=1S/C22H33N3O4/c1-5-7-8-14-28-18-13-12-17(15-19(18)27-4)16(3)23-21(26)10-9-11-22-24-20(6-2)25-29-22/h12-13,15-16H,5-11,14H2,1-4H3,(H,23,26). The Hall–Kier alpha value is -2.57. The second-order valence-electron chi connectivity index (χ2n) is 7.07. The molecule has 1 N–H and O–H groups in total. The molecule has 1 aromatic heterocycles. The summed E-state index contributed by atoms with van der Waals surface area (Å²) in [5, 5.41) is 6.89. The molecule has 2 rings (SSSR count). The predicted molar refractivity (Wildman–Crippen MR) is 111 cm³/mol. The number of unbranched alkanes of at least 4 members (excludes halogenated alkanes) is 2. The number of aryl methyl sites for hydroxylation is 2. The van der Waals surface area contributed by atoms with Gasteiger partial charge in [0, 0.05) is 19.3 Å².